The molecule has 0 bridgehead atoms. The van der Waals surface area contributed by atoms with Gasteiger partial charge in [-0.25, -0.2) is 4.79 Å². The number of hydrogen-bond acceptors (Lipinski definition) is 2. The minimum atomic E-state index is -0.507. The molecule has 2 aromatic carbocycles. The number of quaternary nitrogens is 1. The normalized spacial score (nSPS) is 12.9. The number of benzene rings is 2. The van der Waals surface area contributed by atoms with Gasteiger partial charge in [-0.1, -0.05) is 65.3 Å². The van der Waals surface area contributed by atoms with Crippen LogP contribution in [0.1, 0.15) is 36.6 Å². The summed E-state index contributed by atoms with van der Waals surface area (Å²) < 4.78 is 1.02. The van der Waals surface area contributed by atoms with E-state index in [2.05, 4.69) is 33.5 Å². The predicted octanol–water partition coefficient (Wildman–Crippen LogP) is 2.66. The van der Waals surface area contributed by atoms with E-state index >= 15 is 0 Å². The van der Waals surface area contributed by atoms with Crippen LogP contribution in [0.3, 0.4) is 0 Å². The zero-order valence-corrected chi connectivity index (χ0v) is 15.9. The van der Waals surface area contributed by atoms with Crippen LogP contribution in [0.4, 0.5) is 4.79 Å². The summed E-state index contributed by atoms with van der Waals surface area (Å²) >= 11 is 3.44. The highest BCUT2D eigenvalue weighted by Gasteiger charge is 2.29. The zero-order chi connectivity index (χ0) is 18.2. The van der Waals surface area contributed by atoms with Gasteiger partial charge < -0.3 is 10.6 Å². The molecule has 0 aromatic heterocycles. The van der Waals surface area contributed by atoms with Crippen molar-refractivity contribution in [2.24, 2.45) is 0 Å². The molecule has 2 aromatic rings. The van der Waals surface area contributed by atoms with Crippen LogP contribution < -0.4 is 16.0 Å². The zero-order valence-electron chi connectivity index (χ0n) is 14.3. The van der Waals surface area contributed by atoms with E-state index in [0.717, 1.165) is 22.0 Å². The number of urea groups is 1. The average molecular weight is 405 g/mol. The van der Waals surface area contributed by atoms with Gasteiger partial charge in [-0.2, -0.15) is 0 Å². The lowest BCUT2D eigenvalue weighted by Gasteiger charge is -2.21. The standard InChI is InChI=1S/C19H22BrN3O2/c1-3-16(13-9-11-15(20)12-10-13)22-17(14-7-5-4-6-8-14)18(24)23-19(25)21-2/h4-12,16-17,22H,3H2,1-2H3,(H2,21,23,24,25)/p+1/t16-,17-/m1/s1. The fourth-order valence-electron chi connectivity index (χ4n) is 2.69. The Morgan fingerprint density at radius 3 is 2.24 bits per heavy atom. The van der Waals surface area contributed by atoms with Crippen molar-refractivity contribution < 1.29 is 14.9 Å². The number of halogens is 1. The summed E-state index contributed by atoms with van der Waals surface area (Å²) in [6.07, 6.45) is 0.859. The van der Waals surface area contributed by atoms with Crippen molar-refractivity contribution in [1.82, 2.24) is 10.6 Å². The van der Waals surface area contributed by atoms with Crippen LogP contribution in [-0.4, -0.2) is 19.0 Å². The SMILES string of the molecule is CC[C@@H]([NH2+][C@@H](C(=O)NC(=O)NC)c1ccccc1)c1ccc(Br)cc1. The first kappa shape index (κ1) is 19.1. The summed E-state index contributed by atoms with van der Waals surface area (Å²) in [5.74, 6) is -0.332. The first-order valence-electron chi connectivity index (χ1n) is 8.23. The molecule has 0 radical (unpaired) electrons. The maximum Gasteiger partial charge on any atom is 0.321 e. The van der Waals surface area contributed by atoms with Crippen molar-refractivity contribution in [1.29, 1.82) is 0 Å². The van der Waals surface area contributed by atoms with Crippen molar-refractivity contribution in [2.75, 3.05) is 7.05 Å². The third-order valence-corrected chi connectivity index (χ3v) is 4.60. The number of nitrogens with two attached hydrogens (primary N) is 1. The molecule has 0 fully saturated rings. The molecule has 25 heavy (non-hydrogen) atoms. The van der Waals surface area contributed by atoms with Crippen LogP contribution in [0.5, 0.6) is 0 Å². The first-order chi connectivity index (χ1) is 12.0. The largest absolute Gasteiger partial charge is 0.341 e. The highest BCUT2D eigenvalue weighted by atomic mass is 79.9. The Morgan fingerprint density at radius 1 is 1.04 bits per heavy atom. The van der Waals surface area contributed by atoms with Crippen LogP contribution in [-0.2, 0) is 4.79 Å². The van der Waals surface area contributed by atoms with Crippen LogP contribution >= 0.6 is 15.9 Å². The number of carbonyl (C=O) groups is 2. The van der Waals surface area contributed by atoms with Gasteiger partial charge in [-0.15, -0.1) is 0 Å². The lowest BCUT2D eigenvalue weighted by molar-refractivity contribution is -0.722. The van der Waals surface area contributed by atoms with E-state index in [1.54, 1.807) is 0 Å². The monoisotopic (exact) mass is 404 g/mol. The summed E-state index contributed by atoms with van der Waals surface area (Å²) in [4.78, 5) is 24.2. The molecule has 132 valence electrons. The lowest BCUT2D eigenvalue weighted by atomic mass is 10.00. The van der Waals surface area contributed by atoms with Crippen LogP contribution in [0.2, 0.25) is 0 Å². The van der Waals surface area contributed by atoms with E-state index in [-0.39, 0.29) is 11.9 Å². The Labute approximate surface area is 156 Å². The van der Waals surface area contributed by atoms with Gasteiger partial charge in [0.1, 0.15) is 6.04 Å². The van der Waals surface area contributed by atoms with Gasteiger partial charge in [-0.05, 0) is 12.1 Å². The highest BCUT2D eigenvalue weighted by molar-refractivity contribution is 9.10. The molecule has 0 saturated carbocycles. The number of imide groups is 1. The van der Waals surface area contributed by atoms with Crippen molar-refractivity contribution in [2.45, 2.75) is 25.4 Å². The number of carbonyl (C=O) groups excluding carboxylic acids is 2. The number of rotatable bonds is 6. The fraction of sp³-hybridized carbons (Fsp3) is 0.263. The van der Waals surface area contributed by atoms with Crippen molar-refractivity contribution >= 4 is 27.9 Å². The molecular formula is C19H23BrN3O2+. The van der Waals surface area contributed by atoms with Gasteiger partial charge >= 0.3 is 6.03 Å². The number of hydrogen-bond donors (Lipinski definition) is 3. The van der Waals surface area contributed by atoms with Gasteiger partial charge in [0, 0.05) is 29.1 Å². The Balaban J connectivity index is 2.26. The van der Waals surface area contributed by atoms with Crippen molar-refractivity contribution in [3.8, 4) is 0 Å². The quantitative estimate of drug-likeness (QED) is 0.691. The lowest BCUT2D eigenvalue weighted by Crippen LogP contribution is -2.88. The number of amides is 3. The second kappa shape index (κ2) is 9.34. The van der Waals surface area contributed by atoms with Crippen LogP contribution in [0.15, 0.2) is 59.1 Å². The molecule has 2 atom stereocenters. The summed E-state index contributed by atoms with van der Waals surface area (Å²) in [5, 5.41) is 6.82. The maximum absolute atomic E-state index is 12.6. The van der Waals surface area contributed by atoms with Crippen LogP contribution in [0, 0.1) is 0 Å². The molecule has 0 spiro atoms. The van der Waals surface area contributed by atoms with Gasteiger partial charge in [0.25, 0.3) is 5.91 Å². The molecule has 4 N–H and O–H groups in total. The Hall–Kier alpha value is -2.18. The molecule has 3 amide bonds. The summed E-state index contributed by atoms with van der Waals surface area (Å²) in [6.45, 7) is 2.09. The topological polar surface area (TPSA) is 74.8 Å². The summed E-state index contributed by atoms with van der Waals surface area (Å²) in [6, 6.07) is 16.7. The molecule has 2 rings (SSSR count). The second-order valence-electron chi connectivity index (χ2n) is 5.72. The molecular weight excluding hydrogens is 382 g/mol. The third kappa shape index (κ3) is 5.41. The second-order valence-corrected chi connectivity index (χ2v) is 6.63. The van der Waals surface area contributed by atoms with Crippen LogP contribution in [0.25, 0.3) is 0 Å². The molecule has 0 heterocycles. The van der Waals surface area contributed by atoms with Gasteiger partial charge in [0.2, 0.25) is 0 Å². The smallest absolute Gasteiger partial charge is 0.321 e. The Morgan fingerprint density at radius 2 is 1.68 bits per heavy atom. The summed E-state index contributed by atoms with van der Waals surface area (Å²) in [5.41, 5.74) is 2.00. The maximum atomic E-state index is 12.6. The van der Waals surface area contributed by atoms with E-state index in [1.165, 1.54) is 7.05 Å². The van der Waals surface area contributed by atoms with E-state index < -0.39 is 12.1 Å². The summed E-state index contributed by atoms with van der Waals surface area (Å²) in [7, 11) is 1.49. The highest BCUT2D eigenvalue weighted by Crippen LogP contribution is 2.18. The average Bonchev–Trinajstić information content (AvgIpc) is 2.64. The van der Waals surface area contributed by atoms with Gasteiger partial charge in [-0.3, -0.25) is 10.1 Å². The molecule has 0 aliphatic rings. The van der Waals surface area contributed by atoms with Gasteiger partial charge in [0.15, 0.2) is 6.04 Å². The van der Waals surface area contributed by atoms with E-state index in [1.807, 2.05) is 59.9 Å². The predicted molar refractivity (Wildman–Crippen MR) is 101 cm³/mol. The fourth-order valence-corrected chi connectivity index (χ4v) is 2.95. The molecule has 6 heteroatoms. The number of nitrogens with one attached hydrogen (secondary N) is 2. The minimum Gasteiger partial charge on any atom is -0.341 e. The molecule has 0 aliphatic heterocycles. The van der Waals surface area contributed by atoms with Gasteiger partial charge in [0.05, 0.1) is 0 Å². The van der Waals surface area contributed by atoms with E-state index in [9.17, 15) is 9.59 Å². The van der Waals surface area contributed by atoms with Crippen molar-refractivity contribution in [3.05, 3.63) is 70.2 Å². The first-order valence-corrected chi connectivity index (χ1v) is 9.02. The van der Waals surface area contributed by atoms with E-state index in [4.69, 9.17) is 0 Å². The molecule has 0 unspecified atom stereocenters. The Kier molecular flexibility index (Phi) is 7.16. The Bertz CT molecular complexity index is 704. The third-order valence-electron chi connectivity index (χ3n) is 4.07. The molecule has 0 aliphatic carbocycles. The van der Waals surface area contributed by atoms with Crippen molar-refractivity contribution in [3.63, 3.8) is 0 Å². The van der Waals surface area contributed by atoms with E-state index in [0.29, 0.717) is 0 Å². The minimum absolute atomic E-state index is 0.105. The molecule has 5 nitrogen and oxygen atoms in total. The molecule has 0 saturated heterocycles.